The van der Waals surface area contributed by atoms with E-state index >= 15 is 0 Å². The first-order chi connectivity index (χ1) is 20.0. The van der Waals surface area contributed by atoms with Gasteiger partial charge in [0.2, 0.25) is 11.6 Å². The Morgan fingerprint density at radius 1 is 0.976 bits per heavy atom. The summed E-state index contributed by atoms with van der Waals surface area (Å²) in [6.45, 7) is 13.9. The van der Waals surface area contributed by atoms with E-state index in [0.717, 1.165) is 5.56 Å². The van der Waals surface area contributed by atoms with E-state index in [2.05, 4.69) is 10.2 Å². The highest BCUT2D eigenvalue weighted by Crippen LogP contribution is 2.35. The van der Waals surface area contributed by atoms with Gasteiger partial charge in [-0.25, -0.2) is 28.4 Å². The molecule has 216 valence electrons. The van der Waals surface area contributed by atoms with Crippen molar-refractivity contribution in [3.05, 3.63) is 77.6 Å². The van der Waals surface area contributed by atoms with Crippen LogP contribution in [0.1, 0.15) is 33.6 Å². The lowest BCUT2D eigenvalue weighted by Gasteiger charge is -2.33. The molecule has 0 unspecified atom stereocenters. The standard InChI is InChI=1S/C32H31F2N5O3/c1-32(2,3)42-31(40)36-22-12-14-39(15-13-22)30-37-26-9-6-19(20-8-11-28(41-5)25(34)17-20)16-23(26)29(38-30)21-7-10-27(35-4)24(33)18-21/h6-11,16-18,22H,12-15H2,1-3,5H3,(H,36,40). The molecular formula is C32H31F2N5O3. The fourth-order valence-corrected chi connectivity index (χ4v) is 4.95. The van der Waals surface area contributed by atoms with Crippen LogP contribution in [0.2, 0.25) is 0 Å². The van der Waals surface area contributed by atoms with Crippen molar-refractivity contribution in [2.24, 2.45) is 0 Å². The van der Waals surface area contributed by atoms with Crippen LogP contribution >= 0.6 is 0 Å². The summed E-state index contributed by atoms with van der Waals surface area (Å²) in [6.07, 6.45) is 0.904. The van der Waals surface area contributed by atoms with E-state index in [1.54, 1.807) is 18.2 Å². The van der Waals surface area contributed by atoms with Crippen LogP contribution in [-0.4, -0.2) is 47.9 Å². The molecule has 0 radical (unpaired) electrons. The topological polar surface area (TPSA) is 80.9 Å². The van der Waals surface area contributed by atoms with Crippen LogP contribution in [0.4, 0.5) is 25.2 Å². The van der Waals surface area contributed by atoms with Crippen molar-refractivity contribution < 1.29 is 23.0 Å². The average Bonchev–Trinajstić information content (AvgIpc) is 2.95. The number of benzene rings is 3. The van der Waals surface area contributed by atoms with E-state index in [1.807, 2.05) is 43.9 Å². The van der Waals surface area contributed by atoms with Gasteiger partial charge in [-0.1, -0.05) is 24.3 Å². The summed E-state index contributed by atoms with van der Waals surface area (Å²) in [6, 6.07) is 14.6. The second kappa shape index (κ2) is 11.6. The molecule has 1 amide bonds. The zero-order valence-corrected chi connectivity index (χ0v) is 23.9. The minimum Gasteiger partial charge on any atom is -0.494 e. The lowest BCUT2D eigenvalue weighted by molar-refractivity contribution is 0.0497. The highest BCUT2D eigenvalue weighted by Gasteiger charge is 2.26. The summed E-state index contributed by atoms with van der Waals surface area (Å²) < 4.78 is 39.7. The van der Waals surface area contributed by atoms with Gasteiger partial charge in [-0.2, -0.15) is 0 Å². The Bertz CT molecular complexity index is 1690. The Morgan fingerprint density at radius 2 is 1.64 bits per heavy atom. The van der Waals surface area contributed by atoms with Gasteiger partial charge in [-0.15, -0.1) is 0 Å². The number of anilines is 1. The summed E-state index contributed by atoms with van der Waals surface area (Å²) in [5.41, 5.74) is 2.34. The van der Waals surface area contributed by atoms with Crippen molar-refractivity contribution in [1.82, 2.24) is 15.3 Å². The quantitative estimate of drug-likeness (QED) is 0.253. The van der Waals surface area contributed by atoms with E-state index in [9.17, 15) is 13.6 Å². The lowest BCUT2D eigenvalue weighted by atomic mass is 9.99. The number of aromatic nitrogens is 2. The predicted octanol–water partition coefficient (Wildman–Crippen LogP) is 7.29. The Balaban J connectivity index is 1.50. The minimum absolute atomic E-state index is 0.0428. The number of halogens is 2. The molecule has 3 aromatic carbocycles. The van der Waals surface area contributed by atoms with E-state index in [0.29, 0.717) is 59.6 Å². The zero-order chi connectivity index (χ0) is 30.0. The number of carbonyl (C=O) groups excluding carboxylic acids is 1. The van der Waals surface area contributed by atoms with Gasteiger partial charge >= 0.3 is 6.09 Å². The van der Waals surface area contributed by atoms with Crippen LogP contribution < -0.4 is 15.0 Å². The second-order valence-electron chi connectivity index (χ2n) is 11.1. The van der Waals surface area contributed by atoms with Crippen molar-refractivity contribution in [2.75, 3.05) is 25.1 Å². The Morgan fingerprint density at radius 3 is 2.29 bits per heavy atom. The number of ether oxygens (including phenoxy) is 2. The van der Waals surface area contributed by atoms with E-state index in [4.69, 9.17) is 26.0 Å². The molecule has 10 heteroatoms. The zero-order valence-electron chi connectivity index (χ0n) is 23.9. The molecule has 0 atom stereocenters. The number of piperidine rings is 1. The highest BCUT2D eigenvalue weighted by molar-refractivity contribution is 5.96. The highest BCUT2D eigenvalue weighted by atomic mass is 19.1. The molecule has 5 rings (SSSR count). The van der Waals surface area contributed by atoms with E-state index < -0.39 is 23.3 Å². The Hall–Kier alpha value is -4.78. The van der Waals surface area contributed by atoms with Crippen molar-refractivity contribution in [3.63, 3.8) is 0 Å². The maximum Gasteiger partial charge on any atom is 0.407 e. The molecule has 0 saturated carbocycles. The molecule has 4 aromatic rings. The van der Waals surface area contributed by atoms with E-state index in [1.165, 1.54) is 25.3 Å². The van der Waals surface area contributed by atoms with E-state index in [-0.39, 0.29) is 17.5 Å². The van der Waals surface area contributed by atoms with Crippen LogP contribution in [0.3, 0.4) is 0 Å². The van der Waals surface area contributed by atoms with Crippen molar-refractivity contribution in [2.45, 2.75) is 45.3 Å². The number of alkyl carbamates (subject to hydrolysis) is 1. The number of fused-ring (bicyclic) bond motifs is 1. The van der Waals surface area contributed by atoms with Gasteiger partial charge in [-0.05, 0) is 75.1 Å². The lowest BCUT2D eigenvalue weighted by Crippen LogP contribution is -2.46. The van der Waals surface area contributed by atoms with Crippen molar-refractivity contribution in [3.8, 4) is 28.1 Å². The fraction of sp³-hybridized carbons (Fsp3) is 0.312. The molecule has 1 N–H and O–H groups in total. The van der Waals surface area contributed by atoms with Gasteiger partial charge in [0.25, 0.3) is 0 Å². The average molecular weight is 572 g/mol. The van der Waals surface area contributed by atoms with Crippen molar-refractivity contribution in [1.29, 1.82) is 0 Å². The summed E-state index contributed by atoms with van der Waals surface area (Å²) in [5, 5.41) is 3.59. The molecule has 42 heavy (non-hydrogen) atoms. The molecule has 1 aliphatic heterocycles. The summed E-state index contributed by atoms with van der Waals surface area (Å²) in [4.78, 5) is 27.2. The number of rotatable bonds is 5. The maximum absolute atomic E-state index is 14.7. The largest absolute Gasteiger partial charge is 0.494 e. The smallest absolute Gasteiger partial charge is 0.407 e. The van der Waals surface area contributed by atoms with Crippen LogP contribution in [-0.2, 0) is 4.74 Å². The maximum atomic E-state index is 14.7. The molecule has 0 bridgehead atoms. The van der Waals surface area contributed by atoms with Crippen LogP contribution in [0, 0.1) is 18.2 Å². The molecule has 2 heterocycles. The van der Waals surface area contributed by atoms with Gasteiger partial charge in [-0.3, -0.25) is 0 Å². The first-order valence-corrected chi connectivity index (χ1v) is 13.6. The number of methoxy groups -OCH3 is 1. The number of hydrogen-bond donors (Lipinski definition) is 1. The third kappa shape index (κ3) is 6.25. The Kier molecular flexibility index (Phi) is 7.94. The third-order valence-electron chi connectivity index (χ3n) is 7.01. The summed E-state index contributed by atoms with van der Waals surface area (Å²) in [5.74, 6) is -0.499. The molecular weight excluding hydrogens is 540 g/mol. The second-order valence-corrected chi connectivity index (χ2v) is 11.1. The molecule has 1 saturated heterocycles. The molecule has 0 aliphatic carbocycles. The van der Waals surface area contributed by atoms with Crippen LogP contribution in [0.15, 0.2) is 54.6 Å². The third-order valence-corrected chi connectivity index (χ3v) is 7.01. The van der Waals surface area contributed by atoms with Crippen molar-refractivity contribution >= 4 is 28.6 Å². The number of amides is 1. The molecule has 8 nitrogen and oxygen atoms in total. The Labute approximate surface area is 243 Å². The van der Waals surface area contributed by atoms with Gasteiger partial charge < -0.3 is 19.7 Å². The molecule has 1 aromatic heterocycles. The molecule has 0 spiro atoms. The normalized spacial score (nSPS) is 14.0. The van der Waals surface area contributed by atoms with Gasteiger partial charge in [0.1, 0.15) is 11.4 Å². The van der Waals surface area contributed by atoms with Gasteiger partial charge in [0.15, 0.2) is 11.6 Å². The first-order valence-electron chi connectivity index (χ1n) is 13.6. The monoisotopic (exact) mass is 571 g/mol. The van der Waals surface area contributed by atoms with Gasteiger partial charge in [0, 0.05) is 30.1 Å². The summed E-state index contributed by atoms with van der Waals surface area (Å²) >= 11 is 0. The predicted molar refractivity (Wildman–Crippen MR) is 158 cm³/mol. The first kappa shape index (κ1) is 28.7. The fourth-order valence-electron chi connectivity index (χ4n) is 4.95. The molecule has 1 fully saturated rings. The van der Waals surface area contributed by atoms with Gasteiger partial charge in [0.05, 0.1) is 24.9 Å². The van der Waals surface area contributed by atoms with Crippen LogP contribution in [0.25, 0.3) is 38.1 Å². The minimum atomic E-state index is -0.641. The van der Waals surface area contributed by atoms with Crippen LogP contribution in [0.5, 0.6) is 5.75 Å². The number of nitrogens with one attached hydrogen (secondary N) is 1. The SMILES string of the molecule is [C-]#[N+]c1ccc(-c2nc(N3CCC(NC(=O)OC(C)(C)C)CC3)nc3ccc(-c4ccc(OC)c(F)c4)cc23)cc1F. The summed E-state index contributed by atoms with van der Waals surface area (Å²) in [7, 11) is 1.41. The number of hydrogen-bond acceptors (Lipinski definition) is 6. The number of nitrogens with zero attached hydrogens (tertiary/aromatic N) is 4. The number of carbonyl (C=O) groups is 1. The molecule has 1 aliphatic rings.